The molecule has 0 radical (unpaired) electrons. The van der Waals surface area contributed by atoms with Crippen LogP contribution in [0.25, 0.3) is 10.6 Å². The van der Waals surface area contributed by atoms with Crippen molar-refractivity contribution in [2.24, 2.45) is 0 Å². The second kappa shape index (κ2) is 8.89. The lowest BCUT2D eigenvalue weighted by Gasteiger charge is -2.09. The molecule has 3 rings (SSSR count). The molecule has 1 aromatic heterocycles. The number of thiazole rings is 1. The number of hydrogen-bond donors (Lipinski definition) is 1. The van der Waals surface area contributed by atoms with Crippen LogP contribution in [0.1, 0.15) is 26.5 Å². The van der Waals surface area contributed by atoms with Crippen molar-refractivity contribution >= 4 is 17.2 Å². The first-order chi connectivity index (χ1) is 13.5. The molecule has 1 N–H and O–H groups in total. The molecular formula is C22H24N2O3S. The summed E-state index contributed by atoms with van der Waals surface area (Å²) < 4.78 is 10.4. The molecule has 28 heavy (non-hydrogen) atoms. The topological polar surface area (TPSA) is 60.5 Å². The zero-order valence-corrected chi connectivity index (χ0v) is 17.4. The summed E-state index contributed by atoms with van der Waals surface area (Å²) in [5.74, 6) is 1.02. The zero-order chi connectivity index (χ0) is 20.1. The Morgan fingerprint density at radius 1 is 1.07 bits per heavy atom. The number of ether oxygens (including phenoxy) is 2. The summed E-state index contributed by atoms with van der Waals surface area (Å²) in [5, 5.41) is 3.98. The molecule has 1 amide bonds. The van der Waals surface area contributed by atoms with Crippen molar-refractivity contribution in [2.75, 3.05) is 20.8 Å². The Labute approximate surface area is 169 Å². The van der Waals surface area contributed by atoms with E-state index in [1.807, 2.05) is 13.0 Å². The number of hydrogen-bond acceptors (Lipinski definition) is 5. The van der Waals surface area contributed by atoms with Gasteiger partial charge in [-0.3, -0.25) is 4.79 Å². The van der Waals surface area contributed by atoms with Crippen LogP contribution < -0.4 is 14.8 Å². The van der Waals surface area contributed by atoms with E-state index in [-0.39, 0.29) is 5.91 Å². The highest BCUT2D eigenvalue weighted by atomic mass is 32.1. The van der Waals surface area contributed by atoms with Crippen LogP contribution in [0.5, 0.6) is 11.5 Å². The largest absolute Gasteiger partial charge is 0.497 e. The fraction of sp³-hybridized carbons (Fsp3) is 0.273. The fourth-order valence-corrected chi connectivity index (χ4v) is 3.95. The maximum Gasteiger partial charge on any atom is 0.251 e. The Bertz CT molecular complexity index is 959. The van der Waals surface area contributed by atoms with Crippen LogP contribution in [0.4, 0.5) is 0 Å². The number of benzene rings is 2. The normalized spacial score (nSPS) is 10.6. The van der Waals surface area contributed by atoms with Crippen LogP contribution in [0, 0.1) is 13.8 Å². The van der Waals surface area contributed by atoms with Crippen molar-refractivity contribution in [1.82, 2.24) is 10.3 Å². The zero-order valence-electron chi connectivity index (χ0n) is 16.5. The Balaban J connectivity index is 1.65. The maximum atomic E-state index is 12.5. The van der Waals surface area contributed by atoms with Gasteiger partial charge in [-0.15, -0.1) is 11.3 Å². The molecule has 0 unspecified atom stereocenters. The lowest BCUT2D eigenvalue weighted by Crippen LogP contribution is -2.25. The molecule has 3 aromatic rings. The van der Waals surface area contributed by atoms with Crippen LogP contribution in [-0.2, 0) is 6.42 Å². The summed E-state index contributed by atoms with van der Waals surface area (Å²) >= 11 is 1.68. The first-order valence-electron chi connectivity index (χ1n) is 9.04. The molecule has 0 aliphatic heterocycles. The van der Waals surface area contributed by atoms with Crippen molar-refractivity contribution in [3.63, 3.8) is 0 Å². The highest BCUT2D eigenvalue weighted by Gasteiger charge is 2.12. The molecule has 0 fully saturated rings. The van der Waals surface area contributed by atoms with E-state index in [0.717, 1.165) is 22.7 Å². The van der Waals surface area contributed by atoms with Crippen LogP contribution in [0.3, 0.4) is 0 Å². The minimum atomic E-state index is -0.154. The van der Waals surface area contributed by atoms with Gasteiger partial charge in [-0.05, 0) is 32.0 Å². The number of methoxy groups -OCH3 is 2. The molecule has 0 saturated carbocycles. The molecule has 0 atom stereocenters. The first kappa shape index (κ1) is 19.9. The van der Waals surface area contributed by atoms with E-state index in [1.54, 1.807) is 43.8 Å². The minimum Gasteiger partial charge on any atom is -0.497 e. The number of aryl methyl sites for hydroxylation is 2. The molecule has 2 aromatic carbocycles. The molecule has 0 saturated heterocycles. The van der Waals surface area contributed by atoms with E-state index in [0.29, 0.717) is 23.6 Å². The lowest BCUT2D eigenvalue weighted by atomic mass is 10.1. The summed E-state index contributed by atoms with van der Waals surface area (Å²) in [6.07, 6.45) is 0.738. The number of nitrogens with one attached hydrogen (secondary N) is 1. The van der Waals surface area contributed by atoms with E-state index >= 15 is 0 Å². The average molecular weight is 397 g/mol. The van der Waals surface area contributed by atoms with Crippen molar-refractivity contribution in [2.45, 2.75) is 20.3 Å². The molecule has 0 aliphatic carbocycles. The molecule has 1 heterocycles. The van der Waals surface area contributed by atoms with E-state index in [9.17, 15) is 4.79 Å². The number of nitrogens with zero attached hydrogens (tertiary/aromatic N) is 1. The second-order valence-electron chi connectivity index (χ2n) is 6.50. The lowest BCUT2D eigenvalue weighted by molar-refractivity contribution is 0.0953. The van der Waals surface area contributed by atoms with Gasteiger partial charge in [0, 0.05) is 35.0 Å². The number of amides is 1. The van der Waals surface area contributed by atoms with Gasteiger partial charge in [-0.25, -0.2) is 4.98 Å². The average Bonchev–Trinajstić information content (AvgIpc) is 3.08. The molecular weight excluding hydrogens is 372 g/mol. The Kier molecular flexibility index (Phi) is 6.31. The SMILES string of the molecule is COc1cc(OC)cc(C(=O)NCCc2sc(-c3cccc(C)c3)nc2C)c1. The first-order valence-corrected chi connectivity index (χ1v) is 9.86. The number of carbonyl (C=O) groups is 1. The van der Waals surface area contributed by atoms with Crippen molar-refractivity contribution in [3.05, 3.63) is 64.2 Å². The Hall–Kier alpha value is -2.86. The predicted molar refractivity (Wildman–Crippen MR) is 113 cm³/mol. The second-order valence-corrected chi connectivity index (χ2v) is 7.59. The highest BCUT2D eigenvalue weighted by Crippen LogP contribution is 2.28. The summed E-state index contributed by atoms with van der Waals surface area (Å²) in [7, 11) is 3.13. The van der Waals surface area contributed by atoms with Gasteiger partial charge in [0.2, 0.25) is 0 Å². The minimum absolute atomic E-state index is 0.154. The summed E-state index contributed by atoms with van der Waals surface area (Å²) in [6.45, 7) is 4.63. The monoisotopic (exact) mass is 396 g/mol. The summed E-state index contributed by atoms with van der Waals surface area (Å²) in [6, 6.07) is 13.5. The predicted octanol–water partition coefficient (Wildman–Crippen LogP) is 4.42. The third kappa shape index (κ3) is 4.70. The molecule has 0 bridgehead atoms. The van der Waals surface area contributed by atoms with Gasteiger partial charge in [-0.1, -0.05) is 23.8 Å². The standard InChI is InChI=1S/C22H24N2O3S/c1-14-6-5-7-16(10-14)22-24-15(2)20(28-22)8-9-23-21(25)17-11-18(26-3)13-19(12-17)27-4/h5-7,10-13H,8-9H2,1-4H3,(H,23,25). The maximum absolute atomic E-state index is 12.5. The summed E-state index contributed by atoms with van der Waals surface area (Å²) in [4.78, 5) is 18.4. The van der Waals surface area contributed by atoms with Gasteiger partial charge in [0.15, 0.2) is 0 Å². The third-order valence-corrected chi connectivity index (χ3v) is 5.68. The van der Waals surface area contributed by atoms with Gasteiger partial charge in [0.05, 0.1) is 19.9 Å². The van der Waals surface area contributed by atoms with Gasteiger partial charge in [0.25, 0.3) is 5.91 Å². The van der Waals surface area contributed by atoms with E-state index in [1.165, 1.54) is 10.4 Å². The number of carbonyl (C=O) groups excluding carboxylic acids is 1. The van der Waals surface area contributed by atoms with Crippen LogP contribution in [0.2, 0.25) is 0 Å². The van der Waals surface area contributed by atoms with Gasteiger partial charge >= 0.3 is 0 Å². The molecule has 0 aliphatic rings. The quantitative estimate of drug-likeness (QED) is 0.642. The highest BCUT2D eigenvalue weighted by molar-refractivity contribution is 7.15. The molecule has 0 spiro atoms. The number of rotatable bonds is 7. The van der Waals surface area contributed by atoms with Crippen molar-refractivity contribution < 1.29 is 14.3 Å². The molecule has 6 heteroatoms. The smallest absolute Gasteiger partial charge is 0.251 e. The fourth-order valence-electron chi connectivity index (χ4n) is 2.89. The molecule has 146 valence electrons. The third-order valence-electron chi connectivity index (χ3n) is 4.41. The Morgan fingerprint density at radius 2 is 1.79 bits per heavy atom. The van der Waals surface area contributed by atoms with Crippen LogP contribution in [-0.4, -0.2) is 31.7 Å². The van der Waals surface area contributed by atoms with Crippen LogP contribution >= 0.6 is 11.3 Å². The van der Waals surface area contributed by atoms with E-state index < -0.39 is 0 Å². The van der Waals surface area contributed by atoms with E-state index in [4.69, 9.17) is 14.5 Å². The van der Waals surface area contributed by atoms with Gasteiger partial charge in [-0.2, -0.15) is 0 Å². The van der Waals surface area contributed by atoms with Gasteiger partial charge < -0.3 is 14.8 Å². The molecule has 5 nitrogen and oxygen atoms in total. The van der Waals surface area contributed by atoms with Crippen molar-refractivity contribution in [1.29, 1.82) is 0 Å². The summed E-state index contributed by atoms with van der Waals surface area (Å²) in [5.41, 5.74) is 3.87. The van der Waals surface area contributed by atoms with Crippen molar-refractivity contribution in [3.8, 4) is 22.1 Å². The van der Waals surface area contributed by atoms with Gasteiger partial charge in [0.1, 0.15) is 16.5 Å². The number of aromatic nitrogens is 1. The van der Waals surface area contributed by atoms with E-state index in [2.05, 4.69) is 30.4 Å². The Morgan fingerprint density at radius 3 is 2.43 bits per heavy atom. The van der Waals surface area contributed by atoms with Crippen LogP contribution in [0.15, 0.2) is 42.5 Å².